The van der Waals surface area contributed by atoms with Crippen molar-refractivity contribution >= 4 is 0 Å². The molecule has 8 aliphatic rings. The molecule has 20 heteroatoms. The zero-order valence-corrected chi connectivity index (χ0v) is 38.0. The van der Waals surface area contributed by atoms with Crippen molar-refractivity contribution in [2.45, 2.75) is 214 Å². The van der Waals surface area contributed by atoms with Crippen LogP contribution in [0.3, 0.4) is 0 Å². The van der Waals surface area contributed by atoms with E-state index in [1.165, 1.54) is 6.92 Å². The van der Waals surface area contributed by atoms with Gasteiger partial charge in [-0.05, 0) is 86.9 Å². The van der Waals surface area contributed by atoms with Crippen LogP contribution in [0.4, 0.5) is 0 Å². The molecule has 0 amide bonds. The zero-order chi connectivity index (χ0) is 47.3. The van der Waals surface area contributed by atoms with E-state index in [-0.39, 0.29) is 60.1 Å². The van der Waals surface area contributed by atoms with E-state index in [9.17, 15) is 66.4 Å². The summed E-state index contributed by atoms with van der Waals surface area (Å²) < 4.78 is 41.3. The Balaban J connectivity index is 0.869. The monoisotopic (exact) mass is 936 g/mol. The highest BCUT2D eigenvalue weighted by atomic mass is 16.7. The fraction of sp³-hybridized carbons (Fsp3) is 1.00. The Bertz CT molecular complexity index is 1630. The van der Waals surface area contributed by atoms with Gasteiger partial charge in [-0.25, -0.2) is 0 Å². The normalized spacial score (nSPS) is 57.2. The Hall–Kier alpha value is -0.800. The first-order chi connectivity index (χ1) is 30.5. The molecule has 4 aliphatic carbocycles. The summed E-state index contributed by atoms with van der Waals surface area (Å²) in [6.45, 7) is 8.69. The molecule has 4 aliphatic heterocycles. The smallest absolute Gasteiger partial charge is 0.187 e. The van der Waals surface area contributed by atoms with Crippen molar-refractivity contribution in [1.29, 1.82) is 0 Å². The van der Waals surface area contributed by atoms with Crippen LogP contribution in [0.25, 0.3) is 0 Å². The Morgan fingerprint density at radius 3 is 2.00 bits per heavy atom. The van der Waals surface area contributed by atoms with Crippen molar-refractivity contribution in [3.63, 3.8) is 0 Å². The highest BCUT2D eigenvalue weighted by Gasteiger charge is 2.72. The fourth-order valence-electron chi connectivity index (χ4n) is 14.1. The van der Waals surface area contributed by atoms with Gasteiger partial charge in [0.2, 0.25) is 0 Å². The molecule has 0 aromatic rings. The highest BCUT2D eigenvalue weighted by Crippen LogP contribution is 2.71. The van der Waals surface area contributed by atoms with E-state index in [1.807, 2.05) is 13.8 Å². The number of rotatable bonds is 12. The van der Waals surface area contributed by atoms with E-state index in [4.69, 9.17) is 33.2 Å². The minimum absolute atomic E-state index is 0.0346. The van der Waals surface area contributed by atoms with Gasteiger partial charge in [-0.3, -0.25) is 0 Å². The third-order valence-corrected chi connectivity index (χ3v) is 18.1. The quantitative estimate of drug-likeness (QED) is 0.0888. The Labute approximate surface area is 379 Å². The number of ether oxygens (including phenoxy) is 7. The highest BCUT2D eigenvalue weighted by molar-refractivity contribution is 5.20. The second-order valence-corrected chi connectivity index (χ2v) is 21.7. The summed E-state index contributed by atoms with van der Waals surface area (Å²) in [6.07, 6.45) is -18.9. The van der Waals surface area contributed by atoms with Crippen molar-refractivity contribution < 1.29 is 99.5 Å². The predicted octanol–water partition coefficient (Wildman–Crippen LogP) is -2.67. The molecule has 65 heavy (non-hydrogen) atoms. The van der Waals surface area contributed by atoms with Gasteiger partial charge >= 0.3 is 0 Å². The van der Waals surface area contributed by atoms with Gasteiger partial charge in [0.1, 0.15) is 67.1 Å². The van der Waals surface area contributed by atoms with Crippen LogP contribution in [0.2, 0.25) is 0 Å². The van der Waals surface area contributed by atoms with E-state index < -0.39 is 134 Å². The maximum absolute atomic E-state index is 12.6. The standard InChI is InChI=1S/C45H76O20/c1-18(17-59-39-35(54)33(52)31(50)26(15-46)62-39)6-11-45(58)19(2)29-25(65-45)13-24-22-12-28(48)44(57)14-21(7-10-43(44,5)23(22)8-9-42(24,29)4)61-41-37(56)34(53)38(27(16-47)63-41)64-40-36(55)32(51)30(49)20(3)60-40/h18-41,46-58H,6-17H2,1-5H3/t18-,19-,20-,21-,22+,23-,24-,25-,26+,27+,28-,29-,30-,31+,32+,33-,34+,35+,36+,37+,38+,39+,40+,41+,42-,43+,44+,45?/m0/s1. The third-order valence-electron chi connectivity index (χ3n) is 18.1. The maximum atomic E-state index is 12.6. The van der Waals surface area contributed by atoms with E-state index in [0.29, 0.717) is 38.5 Å². The lowest BCUT2D eigenvalue weighted by Crippen LogP contribution is -2.69. The minimum Gasteiger partial charge on any atom is -0.394 e. The third kappa shape index (κ3) is 8.47. The molecule has 8 fully saturated rings. The lowest BCUT2D eigenvalue weighted by atomic mass is 9.42. The summed E-state index contributed by atoms with van der Waals surface area (Å²) in [7, 11) is 0. The van der Waals surface area contributed by atoms with E-state index in [1.54, 1.807) is 0 Å². The largest absolute Gasteiger partial charge is 0.394 e. The van der Waals surface area contributed by atoms with Gasteiger partial charge in [-0.1, -0.05) is 27.7 Å². The topological polar surface area (TPSA) is 328 Å². The molecule has 1 unspecified atom stereocenters. The van der Waals surface area contributed by atoms with Crippen LogP contribution in [0.5, 0.6) is 0 Å². The lowest BCUT2D eigenvalue weighted by Gasteiger charge is -2.65. The number of aliphatic hydroxyl groups excluding tert-OH is 11. The Kier molecular flexibility index (Phi) is 14.6. The number of aliphatic hydroxyl groups is 13. The van der Waals surface area contributed by atoms with Crippen molar-refractivity contribution in [2.24, 2.45) is 46.3 Å². The van der Waals surface area contributed by atoms with Crippen LogP contribution in [0.1, 0.15) is 92.4 Å². The summed E-state index contributed by atoms with van der Waals surface area (Å²) in [6, 6.07) is 0. The van der Waals surface area contributed by atoms with E-state index >= 15 is 0 Å². The molecule has 0 aromatic heterocycles. The van der Waals surface area contributed by atoms with Crippen LogP contribution in [-0.2, 0) is 33.2 Å². The van der Waals surface area contributed by atoms with Gasteiger partial charge in [-0.15, -0.1) is 0 Å². The van der Waals surface area contributed by atoms with Crippen molar-refractivity contribution in [2.75, 3.05) is 19.8 Å². The molecule has 376 valence electrons. The minimum atomic E-state index is -1.70. The van der Waals surface area contributed by atoms with Gasteiger partial charge in [0.05, 0.1) is 49.8 Å². The van der Waals surface area contributed by atoms with Crippen molar-refractivity contribution in [1.82, 2.24) is 0 Å². The van der Waals surface area contributed by atoms with Gasteiger partial charge < -0.3 is 99.5 Å². The first kappa shape index (κ1) is 50.6. The van der Waals surface area contributed by atoms with Crippen molar-refractivity contribution in [3.8, 4) is 0 Å². The summed E-state index contributed by atoms with van der Waals surface area (Å²) in [4.78, 5) is 0. The molecule has 4 saturated heterocycles. The Morgan fingerprint density at radius 1 is 0.677 bits per heavy atom. The summed E-state index contributed by atoms with van der Waals surface area (Å²) in [5.74, 6) is -1.30. The summed E-state index contributed by atoms with van der Waals surface area (Å²) in [5, 5.41) is 140. The van der Waals surface area contributed by atoms with Gasteiger partial charge in [-0.2, -0.15) is 0 Å². The van der Waals surface area contributed by atoms with Crippen LogP contribution in [-0.4, -0.2) is 208 Å². The van der Waals surface area contributed by atoms with Crippen LogP contribution in [0.15, 0.2) is 0 Å². The molecular weight excluding hydrogens is 860 g/mol. The number of hydrogen-bond donors (Lipinski definition) is 13. The average molecular weight is 937 g/mol. The summed E-state index contributed by atoms with van der Waals surface area (Å²) >= 11 is 0. The van der Waals surface area contributed by atoms with E-state index in [2.05, 4.69) is 13.8 Å². The molecule has 0 aromatic carbocycles. The first-order valence-corrected chi connectivity index (χ1v) is 23.9. The number of fused-ring (bicyclic) bond motifs is 7. The van der Waals surface area contributed by atoms with Crippen LogP contribution < -0.4 is 0 Å². The molecule has 0 bridgehead atoms. The first-order valence-electron chi connectivity index (χ1n) is 23.9. The van der Waals surface area contributed by atoms with Gasteiger partial charge in [0.25, 0.3) is 0 Å². The maximum Gasteiger partial charge on any atom is 0.187 e. The molecule has 4 saturated carbocycles. The second-order valence-electron chi connectivity index (χ2n) is 21.7. The average Bonchev–Trinajstić information content (AvgIpc) is 3.71. The molecule has 4 heterocycles. The summed E-state index contributed by atoms with van der Waals surface area (Å²) in [5.41, 5.74) is -2.44. The molecule has 13 N–H and O–H groups in total. The van der Waals surface area contributed by atoms with Gasteiger partial charge in [0, 0.05) is 24.2 Å². The van der Waals surface area contributed by atoms with Crippen LogP contribution in [0, 0.1) is 46.3 Å². The van der Waals surface area contributed by atoms with Crippen LogP contribution >= 0.6 is 0 Å². The molecule has 8 rings (SSSR count). The predicted molar refractivity (Wildman–Crippen MR) is 220 cm³/mol. The van der Waals surface area contributed by atoms with Crippen molar-refractivity contribution in [3.05, 3.63) is 0 Å². The zero-order valence-electron chi connectivity index (χ0n) is 38.0. The second kappa shape index (κ2) is 18.7. The fourth-order valence-corrected chi connectivity index (χ4v) is 14.1. The SMILES string of the molecule is C[C@@H](CCC1(O)O[C@H]2C[C@H]3[C@@H]4C[C@H](O)[C@]5(O)C[C@@H](O[C@@H]6O[C@H](CO)[C@@H](O[C@H]7O[C@@H](C)[C@H](O)[C@@H](O)[C@H]7O)[C@H](O)[C@H]6O)CC[C@]5(C)[C@H]4CC[C@]3(C)[C@H]2[C@@H]1C)CO[C@@H]1O[C@H](CO)[C@@H](O)[C@H](O)[C@H]1O. The van der Waals surface area contributed by atoms with Gasteiger partial charge in [0.15, 0.2) is 24.7 Å². The molecule has 0 radical (unpaired) electrons. The molecule has 20 nitrogen and oxygen atoms in total. The Morgan fingerprint density at radius 2 is 1.31 bits per heavy atom. The number of hydrogen-bond acceptors (Lipinski definition) is 20. The molecule has 28 atom stereocenters. The molecular formula is C45H76O20. The lowest BCUT2D eigenvalue weighted by molar-refractivity contribution is -0.364. The van der Waals surface area contributed by atoms with E-state index in [0.717, 1.165) is 12.8 Å². The molecule has 0 spiro atoms.